The summed E-state index contributed by atoms with van der Waals surface area (Å²) in [6.45, 7) is 4.33. The Hall–Kier alpha value is -1.93. The van der Waals surface area contributed by atoms with E-state index < -0.39 is 10.0 Å². The van der Waals surface area contributed by atoms with Gasteiger partial charge in [-0.25, -0.2) is 13.1 Å². The van der Waals surface area contributed by atoms with Crippen LogP contribution in [0.4, 0.5) is 0 Å². The molecule has 0 bridgehead atoms. The molecule has 0 aliphatic carbocycles. The van der Waals surface area contributed by atoms with Crippen molar-refractivity contribution in [2.75, 3.05) is 20.1 Å². The standard InChI is InChI=1S/C22H24Cl2N2O4S/c1-13-10-17(12-20(14(13)2)31(29,30)25-3)22(28)26-8-6-15(7-9-26)21(27)16-4-5-18(23)19(24)11-16/h4-5,10-12,15,25H,6-9H2,1-3H3. The fourth-order valence-corrected chi connectivity index (χ4v) is 5.12. The molecule has 166 valence electrons. The summed E-state index contributed by atoms with van der Waals surface area (Å²) in [6.07, 6.45) is 1.05. The molecule has 1 fully saturated rings. The van der Waals surface area contributed by atoms with Crippen LogP contribution in [-0.4, -0.2) is 45.1 Å². The van der Waals surface area contributed by atoms with Gasteiger partial charge in [0.05, 0.1) is 14.9 Å². The van der Waals surface area contributed by atoms with Crippen LogP contribution in [0.25, 0.3) is 0 Å². The molecule has 1 aliphatic heterocycles. The van der Waals surface area contributed by atoms with Crippen LogP contribution >= 0.6 is 23.2 Å². The van der Waals surface area contributed by atoms with Crippen LogP contribution in [0.15, 0.2) is 35.2 Å². The zero-order valence-electron chi connectivity index (χ0n) is 17.5. The minimum atomic E-state index is -3.68. The van der Waals surface area contributed by atoms with Gasteiger partial charge in [-0.2, -0.15) is 0 Å². The maximum absolute atomic E-state index is 13.1. The van der Waals surface area contributed by atoms with Crippen LogP contribution in [0, 0.1) is 19.8 Å². The van der Waals surface area contributed by atoms with Gasteiger partial charge in [-0.15, -0.1) is 0 Å². The van der Waals surface area contributed by atoms with Crippen molar-refractivity contribution < 1.29 is 18.0 Å². The Labute approximate surface area is 192 Å². The molecule has 0 saturated carbocycles. The highest BCUT2D eigenvalue weighted by Gasteiger charge is 2.29. The molecular formula is C22H24Cl2N2O4S. The third-order valence-corrected chi connectivity index (χ3v) is 8.06. The van der Waals surface area contributed by atoms with Crippen LogP contribution in [0.5, 0.6) is 0 Å². The van der Waals surface area contributed by atoms with Gasteiger partial charge in [-0.3, -0.25) is 9.59 Å². The number of hydrogen-bond acceptors (Lipinski definition) is 4. The Bertz CT molecular complexity index is 1140. The smallest absolute Gasteiger partial charge is 0.253 e. The molecule has 31 heavy (non-hydrogen) atoms. The molecule has 1 heterocycles. The summed E-state index contributed by atoms with van der Waals surface area (Å²) in [4.78, 5) is 27.6. The quantitative estimate of drug-likeness (QED) is 0.645. The van der Waals surface area contributed by atoms with Gasteiger partial charge >= 0.3 is 0 Å². The van der Waals surface area contributed by atoms with Crippen LogP contribution in [-0.2, 0) is 10.0 Å². The fraction of sp³-hybridized carbons (Fsp3) is 0.364. The number of halogens is 2. The number of rotatable bonds is 5. The SMILES string of the molecule is CNS(=O)(=O)c1cc(C(=O)N2CCC(C(=O)c3ccc(Cl)c(Cl)c3)CC2)cc(C)c1C. The number of Topliss-reactive ketones (excluding diaryl/α,β-unsaturated/α-hetero) is 1. The van der Waals surface area contributed by atoms with Crippen molar-refractivity contribution in [1.29, 1.82) is 0 Å². The number of benzene rings is 2. The van der Waals surface area contributed by atoms with Gasteiger partial charge in [0.25, 0.3) is 5.91 Å². The largest absolute Gasteiger partial charge is 0.339 e. The lowest BCUT2D eigenvalue weighted by molar-refractivity contribution is 0.0650. The molecule has 3 rings (SSSR count). The van der Waals surface area contributed by atoms with Gasteiger partial charge in [0.1, 0.15) is 0 Å². The molecular weight excluding hydrogens is 459 g/mol. The third kappa shape index (κ3) is 4.95. The predicted octanol–water partition coefficient (Wildman–Crippen LogP) is 4.25. The molecule has 1 aliphatic rings. The van der Waals surface area contributed by atoms with E-state index in [1.54, 1.807) is 43.0 Å². The summed E-state index contributed by atoms with van der Waals surface area (Å²) >= 11 is 11.9. The van der Waals surface area contributed by atoms with Crippen LogP contribution in [0.2, 0.25) is 10.0 Å². The fourth-order valence-electron chi connectivity index (χ4n) is 3.75. The van der Waals surface area contributed by atoms with Crippen molar-refractivity contribution in [2.24, 2.45) is 5.92 Å². The third-order valence-electron chi connectivity index (χ3n) is 5.78. The van der Waals surface area contributed by atoms with E-state index in [-0.39, 0.29) is 22.5 Å². The number of carbonyl (C=O) groups is 2. The van der Waals surface area contributed by atoms with Crippen LogP contribution in [0.1, 0.15) is 44.7 Å². The topological polar surface area (TPSA) is 83.6 Å². The molecule has 2 aromatic carbocycles. The van der Waals surface area contributed by atoms with Crippen molar-refractivity contribution in [1.82, 2.24) is 9.62 Å². The Morgan fingerprint density at radius 1 is 1.00 bits per heavy atom. The lowest BCUT2D eigenvalue weighted by atomic mass is 9.88. The summed E-state index contributed by atoms with van der Waals surface area (Å²) < 4.78 is 27.0. The maximum Gasteiger partial charge on any atom is 0.253 e. The van der Waals surface area contributed by atoms with Crippen molar-refractivity contribution in [3.05, 3.63) is 62.6 Å². The number of likely N-dealkylation sites (tertiary alicyclic amines) is 1. The number of aryl methyl sites for hydroxylation is 1. The number of nitrogens with one attached hydrogen (secondary N) is 1. The van der Waals surface area contributed by atoms with Crippen LogP contribution in [0.3, 0.4) is 0 Å². The highest BCUT2D eigenvalue weighted by Crippen LogP contribution is 2.28. The molecule has 9 heteroatoms. The average Bonchev–Trinajstić information content (AvgIpc) is 2.76. The monoisotopic (exact) mass is 482 g/mol. The highest BCUT2D eigenvalue weighted by molar-refractivity contribution is 7.89. The molecule has 6 nitrogen and oxygen atoms in total. The van der Waals surface area contributed by atoms with Gasteiger partial charge in [-0.05, 0) is 75.2 Å². The van der Waals surface area contributed by atoms with Gasteiger partial charge in [-0.1, -0.05) is 23.2 Å². The molecule has 0 unspecified atom stereocenters. The number of ketones is 1. The minimum absolute atomic E-state index is 0.0146. The lowest BCUT2D eigenvalue weighted by Gasteiger charge is -2.31. The van der Waals surface area contributed by atoms with Gasteiger partial charge < -0.3 is 4.90 Å². The first-order valence-electron chi connectivity index (χ1n) is 9.88. The van der Waals surface area contributed by atoms with E-state index in [0.29, 0.717) is 52.7 Å². The van der Waals surface area contributed by atoms with Crippen LogP contribution < -0.4 is 4.72 Å². The highest BCUT2D eigenvalue weighted by atomic mass is 35.5. The minimum Gasteiger partial charge on any atom is -0.339 e. The molecule has 1 saturated heterocycles. The van der Waals surface area contributed by atoms with E-state index >= 15 is 0 Å². The van der Waals surface area contributed by atoms with Crippen molar-refractivity contribution in [2.45, 2.75) is 31.6 Å². The Morgan fingerprint density at radius 2 is 1.65 bits per heavy atom. The molecule has 0 atom stereocenters. The number of piperidine rings is 1. The predicted molar refractivity (Wildman–Crippen MR) is 122 cm³/mol. The number of carbonyl (C=O) groups excluding carboxylic acids is 2. The van der Waals surface area contributed by atoms with E-state index in [1.165, 1.54) is 13.1 Å². The summed E-state index contributed by atoms with van der Waals surface area (Å²) in [5, 5.41) is 0.730. The normalized spacial score (nSPS) is 15.2. The summed E-state index contributed by atoms with van der Waals surface area (Å²) in [7, 11) is -2.34. The number of nitrogens with zero attached hydrogens (tertiary/aromatic N) is 1. The number of hydrogen-bond donors (Lipinski definition) is 1. The first-order valence-corrected chi connectivity index (χ1v) is 12.1. The second-order valence-corrected chi connectivity index (χ2v) is 10.4. The van der Waals surface area contributed by atoms with Gasteiger partial charge in [0.15, 0.2) is 5.78 Å². The molecule has 0 aromatic heterocycles. The van der Waals surface area contributed by atoms with Gasteiger partial charge in [0.2, 0.25) is 10.0 Å². The Morgan fingerprint density at radius 3 is 2.23 bits per heavy atom. The average molecular weight is 483 g/mol. The summed E-state index contributed by atoms with van der Waals surface area (Å²) in [6, 6.07) is 7.96. The second-order valence-electron chi connectivity index (χ2n) is 7.68. The van der Waals surface area contributed by atoms with E-state index in [4.69, 9.17) is 23.2 Å². The number of sulfonamides is 1. The van der Waals surface area contributed by atoms with E-state index in [1.807, 2.05) is 0 Å². The molecule has 0 spiro atoms. The van der Waals surface area contributed by atoms with Crippen molar-refractivity contribution >= 4 is 44.9 Å². The molecule has 1 amide bonds. The van der Waals surface area contributed by atoms with E-state index in [9.17, 15) is 18.0 Å². The van der Waals surface area contributed by atoms with Gasteiger partial charge in [0, 0.05) is 30.1 Å². The first-order chi connectivity index (χ1) is 14.5. The van der Waals surface area contributed by atoms with Crippen molar-refractivity contribution in [3.63, 3.8) is 0 Å². The Balaban J connectivity index is 1.75. The van der Waals surface area contributed by atoms with E-state index in [2.05, 4.69) is 4.72 Å². The zero-order valence-corrected chi connectivity index (χ0v) is 19.9. The zero-order chi connectivity index (χ0) is 22.9. The summed E-state index contributed by atoms with van der Waals surface area (Å²) in [5.41, 5.74) is 2.17. The summed E-state index contributed by atoms with van der Waals surface area (Å²) in [5.74, 6) is -0.461. The lowest BCUT2D eigenvalue weighted by Crippen LogP contribution is -2.40. The van der Waals surface area contributed by atoms with E-state index in [0.717, 1.165) is 5.56 Å². The molecule has 2 aromatic rings. The maximum atomic E-state index is 13.1. The second kappa shape index (κ2) is 9.28. The first kappa shape index (κ1) is 23.7. The number of amides is 1. The van der Waals surface area contributed by atoms with Crippen molar-refractivity contribution in [3.8, 4) is 0 Å². The Kier molecular flexibility index (Phi) is 7.11. The molecule has 1 N–H and O–H groups in total. The molecule has 0 radical (unpaired) electrons.